The van der Waals surface area contributed by atoms with Crippen LogP contribution in [0.5, 0.6) is 0 Å². The summed E-state index contributed by atoms with van der Waals surface area (Å²) in [7, 11) is 0. The van der Waals surface area contributed by atoms with Crippen molar-refractivity contribution in [3.8, 4) is 0 Å². The van der Waals surface area contributed by atoms with E-state index in [1.54, 1.807) is 0 Å². The molecule has 0 unspecified atom stereocenters. The summed E-state index contributed by atoms with van der Waals surface area (Å²) in [6.07, 6.45) is 4.94. The Balaban J connectivity index is 2.14. The van der Waals surface area contributed by atoms with Gasteiger partial charge in [0, 0.05) is 22.4 Å². The first-order valence-electron chi connectivity index (χ1n) is 7.08. The lowest BCUT2D eigenvalue weighted by molar-refractivity contribution is 0.425. The Morgan fingerprint density at radius 1 is 1.33 bits per heavy atom. The molecule has 2 nitrogen and oxygen atoms in total. The van der Waals surface area contributed by atoms with Gasteiger partial charge in [-0.3, -0.25) is 0 Å². The van der Waals surface area contributed by atoms with Crippen LogP contribution in [-0.2, 0) is 18.4 Å². The Morgan fingerprint density at radius 2 is 2.00 bits per heavy atom. The molecule has 0 spiro atoms. The van der Waals surface area contributed by atoms with E-state index in [4.69, 9.17) is 4.98 Å². The second kappa shape index (κ2) is 4.93. The maximum Gasteiger partial charge on any atom is 0.0990 e. The van der Waals surface area contributed by atoms with Crippen LogP contribution in [0, 0.1) is 0 Å². The number of rotatable bonds is 5. The van der Waals surface area contributed by atoms with Gasteiger partial charge < -0.3 is 5.32 Å². The van der Waals surface area contributed by atoms with Crippen molar-refractivity contribution in [2.24, 2.45) is 0 Å². The molecule has 1 aromatic rings. The predicted molar refractivity (Wildman–Crippen MR) is 79.3 cm³/mol. The van der Waals surface area contributed by atoms with Gasteiger partial charge in [-0.25, -0.2) is 4.98 Å². The standard InChI is InChI=1S/C15H26N2S/c1-6-7-11-12(10-16-14(2,3)4)18-13(17-11)15(5)8-9-15/h16H,6-10H2,1-5H3. The molecule has 18 heavy (non-hydrogen) atoms. The van der Waals surface area contributed by atoms with E-state index in [1.807, 2.05) is 11.3 Å². The molecule has 0 saturated heterocycles. The normalized spacial score (nSPS) is 18.1. The molecule has 1 saturated carbocycles. The van der Waals surface area contributed by atoms with Gasteiger partial charge >= 0.3 is 0 Å². The lowest BCUT2D eigenvalue weighted by Crippen LogP contribution is -2.35. The summed E-state index contributed by atoms with van der Waals surface area (Å²) in [5.74, 6) is 0. The molecule has 0 aliphatic heterocycles. The third-order valence-electron chi connectivity index (χ3n) is 3.56. The number of aryl methyl sites for hydroxylation is 1. The molecule has 1 aliphatic carbocycles. The van der Waals surface area contributed by atoms with Crippen LogP contribution in [0.4, 0.5) is 0 Å². The molecular formula is C15H26N2S. The fourth-order valence-electron chi connectivity index (χ4n) is 1.96. The molecule has 1 heterocycles. The van der Waals surface area contributed by atoms with Gasteiger partial charge in [-0.2, -0.15) is 0 Å². The minimum absolute atomic E-state index is 0.178. The van der Waals surface area contributed by atoms with E-state index in [0.29, 0.717) is 5.41 Å². The number of hydrogen-bond acceptors (Lipinski definition) is 3. The van der Waals surface area contributed by atoms with Gasteiger partial charge in [0.05, 0.1) is 10.7 Å². The SMILES string of the molecule is CCCc1nc(C2(C)CC2)sc1CNC(C)(C)C. The van der Waals surface area contributed by atoms with Crippen LogP contribution >= 0.6 is 11.3 Å². The first kappa shape index (κ1) is 14.0. The lowest BCUT2D eigenvalue weighted by atomic mass is 10.1. The highest BCUT2D eigenvalue weighted by Gasteiger charge is 2.42. The second-order valence-electron chi connectivity index (χ2n) is 6.80. The van der Waals surface area contributed by atoms with Crippen molar-refractivity contribution >= 4 is 11.3 Å². The Bertz CT molecular complexity index is 411. The van der Waals surface area contributed by atoms with Gasteiger partial charge in [0.15, 0.2) is 0 Å². The zero-order valence-corrected chi connectivity index (χ0v) is 13.2. The van der Waals surface area contributed by atoms with Gasteiger partial charge in [0.1, 0.15) is 0 Å². The van der Waals surface area contributed by atoms with E-state index in [2.05, 4.69) is 39.9 Å². The molecule has 1 aliphatic rings. The molecule has 1 N–H and O–H groups in total. The van der Waals surface area contributed by atoms with Crippen LogP contribution in [0.3, 0.4) is 0 Å². The smallest absolute Gasteiger partial charge is 0.0990 e. The highest BCUT2D eigenvalue weighted by molar-refractivity contribution is 7.12. The third kappa shape index (κ3) is 3.33. The number of thiazole rings is 1. The molecule has 3 heteroatoms. The average Bonchev–Trinajstić information content (AvgIpc) is 2.88. The van der Waals surface area contributed by atoms with Crippen LogP contribution in [0.15, 0.2) is 0 Å². The number of nitrogens with one attached hydrogen (secondary N) is 1. The maximum atomic E-state index is 4.91. The Hall–Kier alpha value is -0.410. The Kier molecular flexibility index (Phi) is 3.84. The van der Waals surface area contributed by atoms with E-state index in [9.17, 15) is 0 Å². The zero-order chi connectivity index (χ0) is 13.4. The number of nitrogens with zero attached hydrogens (tertiary/aromatic N) is 1. The Morgan fingerprint density at radius 3 is 2.50 bits per heavy atom. The lowest BCUT2D eigenvalue weighted by Gasteiger charge is -2.20. The van der Waals surface area contributed by atoms with E-state index in [0.717, 1.165) is 13.0 Å². The van der Waals surface area contributed by atoms with Gasteiger partial charge in [-0.05, 0) is 40.0 Å². The monoisotopic (exact) mass is 266 g/mol. The van der Waals surface area contributed by atoms with Gasteiger partial charge in [0.25, 0.3) is 0 Å². The largest absolute Gasteiger partial charge is 0.307 e. The van der Waals surface area contributed by atoms with E-state index in [1.165, 1.54) is 34.8 Å². The van der Waals surface area contributed by atoms with Gasteiger partial charge in [-0.1, -0.05) is 20.3 Å². The molecule has 102 valence electrons. The summed E-state index contributed by atoms with van der Waals surface area (Å²) >= 11 is 1.94. The molecular weight excluding hydrogens is 240 g/mol. The van der Waals surface area contributed by atoms with Crippen molar-refractivity contribution in [1.82, 2.24) is 10.3 Å². The van der Waals surface area contributed by atoms with Crippen LogP contribution in [0.1, 0.15) is 69.5 Å². The van der Waals surface area contributed by atoms with Crippen LogP contribution in [0.2, 0.25) is 0 Å². The van der Waals surface area contributed by atoms with Crippen molar-refractivity contribution in [1.29, 1.82) is 0 Å². The molecule has 0 atom stereocenters. The molecule has 0 aromatic carbocycles. The Labute approximate surface area is 115 Å². The first-order chi connectivity index (χ1) is 8.34. The van der Waals surface area contributed by atoms with Crippen LogP contribution in [-0.4, -0.2) is 10.5 Å². The summed E-state index contributed by atoms with van der Waals surface area (Å²) in [5.41, 5.74) is 1.92. The summed E-state index contributed by atoms with van der Waals surface area (Å²) in [4.78, 5) is 6.37. The fourth-order valence-corrected chi connectivity index (χ4v) is 3.21. The molecule has 0 radical (unpaired) electrons. The molecule has 2 rings (SSSR count). The molecule has 1 fully saturated rings. The third-order valence-corrected chi connectivity index (χ3v) is 4.96. The topological polar surface area (TPSA) is 24.9 Å². The summed E-state index contributed by atoms with van der Waals surface area (Å²) < 4.78 is 0. The number of hydrogen-bond donors (Lipinski definition) is 1. The van der Waals surface area contributed by atoms with E-state index < -0.39 is 0 Å². The van der Waals surface area contributed by atoms with Crippen LogP contribution < -0.4 is 5.32 Å². The second-order valence-corrected chi connectivity index (χ2v) is 7.89. The summed E-state index contributed by atoms with van der Waals surface area (Å²) in [5, 5.41) is 4.96. The minimum atomic E-state index is 0.178. The van der Waals surface area contributed by atoms with Crippen LogP contribution in [0.25, 0.3) is 0 Å². The zero-order valence-electron chi connectivity index (χ0n) is 12.4. The maximum absolute atomic E-state index is 4.91. The molecule has 0 bridgehead atoms. The van der Waals surface area contributed by atoms with Crippen molar-refractivity contribution in [2.45, 2.75) is 77.8 Å². The first-order valence-corrected chi connectivity index (χ1v) is 7.90. The quantitative estimate of drug-likeness (QED) is 0.870. The van der Waals surface area contributed by atoms with Crippen molar-refractivity contribution in [3.63, 3.8) is 0 Å². The number of aromatic nitrogens is 1. The van der Waals surface area contributed by atoms with Gasteiger partial charge in [0.2, 0.25) is 0 Å². The molecule has 0 amide bonds. The highest BCUT2D eigenvalue weighted by Crippen LogP contribution is 2.49. The van der Waals surface area contributed by atoms with Crippen molar-refractivity contribution < 1.29 is 0 Å². The average molecular weight is 266 g/mol. The van der Waals surface area contributed by atoms with E-state index >= 15 is 0 Å². The minimum Gasteiger partial charge on any atom is -0.307 e. The van der Waals surface area contributed by atoms with Crippen molar-refractivity contribution in [2.75, 3.05) is 0 Å². The van der Waals surface area contributed by atoms with E-state index in [-0.39, 0.29) is 5.54 Å². The summed E-state index contributed by atoms with van der Waals surface area (Å²) in [6.45, 7) is 12.2. The molecule has 1 aromatic heterocycles. The summed E-state index contributed by atoms with van der Waals surface area (Å²) in [6, 6.07) is 0. The fraction of sp³-hybridized carbons (Fsp3) is 0.800. The highest BCUT2D eigenvalue weighted by atomic mass is 32.1. The van der Waals surface area contributed by atoms with Gasteiger partial charge in [-0.15, -0.1) is 11.3 Å². The predicted octanol–water partition coefficient (Wildman–Crippen LogP) is 4.04. The van der Waals surface area contributed by atoms with Crippen molar-refractivity contribution in [3.05, 3.63) is 15.6 Å².